The molecule has 21 heavy (non-hydrogen) atoms. The minimum atomic E-state index is -0.815. The zero-order chi connectivity index (χ0) is 16.0. The molecule has 0 aliphatic heterocycles. The van der Waals surface area contributed by atoms with Gasteiger partial charge in [0.25, 0.3) is 0 Å². The minimum Gasteiger partial charge on any atom is -0.481 e. The van der Waals surface area contributed by atoms with Crippen molar-refractivity contribution in [1.82, 2.24) is 0 Å². The van der Waals surface area contributed by atoms with Gasteiger partial charge in [0.15, 0.2) is 0 Å². The normalized spacial score (nSPS) is 11.0. The molecule has 0 radical (unpaired) electrons. The number of hydrogen-bond donors (Lipinski definition) is 2. The Morgan fingerprint density at radius 3 is 2.52 bits per heavy atom. The van der Waals surface area contributed by atoms with Crippen molar-refractivity contribution in [3.8, 4) is 0 Å². The summed E-state index contributed by atoms with van der Waals surface area (Å²) < 4.78 is 5.25. The summed E-state index contributed by atoms with van der Waals surface area (Å²) in [5, 5.41) is 11.5. The molecule has 1 rings (SSSR count). The third-order valence-corrected chi connectivity index (χ3v) is 2.82. The van der Waals surface area contributed by atoms with Crippen LogP contribution in [-0.4, -0.2) is 22.8 Å². The van der Waals surface area contributed by atoms with Crippen molar-refractivity contribution >= 4 is 17.7 Å². The number of nitrogens with one attached hydrogen (secondary N) is 1. The first-order valence-electron chi connectivity index (χ1n) is 6.99. The van der Waals surface area contributed by atoms with Gasteiger partial charge in [-0.2, -0.15) is 0 Å². The van der Waals surface area contributed by atoms with Crippen LogP contribution in [0, 0.1) is 6.92 Å². The summed E-state index contributed by atoms with van der Waals surface area (Å²) in [6.07, 6.45) is 0.733. The number of benzene rings is 1. The Hall–Kier alpha value is -2.04. The van der Waals surface area contributed by atoms with E-state index >= 15 is 0 Å². The van der Waals surface area contributed by atoms with Gasteiger partial charge in [0.1, 0.15) is 5.60 Å². The first kappa shape index (κ1) is 17.0. The van der Waals surface area contributed by atoms with Crippen molar-refractivity contribution < 1.29 is 19.4 Å². The van der Waals surface area contributed by atoms with E-state index in [-0.39, 0.29) is 6.42 Å². The molecule has 0 fully saturated rings. The van der Waals surface area contributed by atoms with Crippen LogP contribution in [0.1, 0.15) is 44.7 Å². The largest absolute Gasteiger partial charge is 0.481 e. The second-order valence-corrected chi connectivity index (χ2v) is 5.98. The van der Waals surface area contributed by atoms with Gasteiger partial charge >= 0.3 is 12.1 Å². The van der Waals surface area contributed by atoms with Crippen LogP contribution < -0.4 is 5.32 Å². The number of rotatable bonds is 5. The van der Waals surface area contributed by atoms with E-state index in [0.29, 0.717) is 18.5 Å². The van der Waals surface area contributed by atoms with E-state index < -0.39 is 17.7 Å². The SMILES string of the molecule is Cc1cccc(CCCC(=O)O)c1NC(=O)OC(C)(C)C. The molecule has 1 aromatic carbocycles. The van der Waals surface area contributed by atoms with Crippen LogP contribution in [0.5, 0.6) is 0 Å². The number of aryl methyl sites for hydroxylation is 2. The smallest absolute Gasteiger partial charge is 0.412 e. The number of carboxylic acid groups (broad SMARTS) is 1. The lowest BCUT2D eigenvalue weighted by Gasteiger charge is -2.21. The lowest BCUT2D eigenvalue weighted by Crippen LogP contribution is -2.27. The zero-order valence-corrected chi connectivity index (χ0v) is 13.0. The van der Waals surface area contributed by atoms with Crippen molar-refractivity contribution in [1.29, 1.82) is 0 Å². The number of hydrogen-bond acceptors (Lipinski definition) is 3. The fourth-order valence-electron chi connectivity index (χ4n) is 1.95. The van der Waals surface area contributed by atoms with Crippen molar-refractivity contribution in [2.24, 2.45) is 0 Å². The van der Waals surface area contributed by atoms with Crippen LogP contribution in [0.2, 0.25) is 0 Å². The lowest BCUT2D eigenvalue weighted by atomic mass is 10.0. The van der Waals surface area contributed by atoms with E-state index in [1.165, 1.54) is 0 Å². The van der Waals surface area contributed by atoms with E-state index in [9.17, 15) is 9.59 Å². The monoisotopic (exact) mass is 293 g/mol. The van der Waals surface area contributed by atoms with Gasteiger partial charge in [-0.1, -0.05) is 18.2 Å². The van der Waals surface area contributed by atoms with E-state index in [2.05, 4.69) is 5.32 Å². The second kappa shape index (κ2) is 7.11. The molecule has 116 valence electrons. The number of aliphatic carboxylic acids is 1. The van der Waals surface area contributed by atoms with E-state index in [0.717, 1.165) is 11.1 Å². The van der Waals surface area contributed by atoms with Gasteiger partial charge in [0.2, 0.25) is 0 Å². The van der Waals surface area contributed by atoms with E-state index in [1.807, 2.05) is 25.1 Å². The summed E-state index contributed by atoms with van der Waals surface area (Å²) in [6.45, 7) is 7.31. The molecular formula is C16H23NO4. The van der Waals surface area contributed by atoms with Crippen molar-refractivity contribution in [3.05, 3.63) is 29.3 Å². The quantitative estimate of drug-likeness (QED) is 0.867. The predicted molar refractivity (Wildman–Crippen MR) is 81.6 cm³/mol. The average molecular weight is 293 g/mol. The summed E-state index contributed by atoms with van der Waals surface area (Å²) in [5.41, 5.74) is 1.99. The molecule has 0 heterocycles. The third-order valence-electron chi connectivity index (χ3n) is 2.82. The molecule has 0 atom stereocenters. The van der Waals surface area contributed by atoms with Crippen molar-refractivity contribution in [2.75, 3.05) is 5.32 Å². The Balaban J connectivity index is 2.80. The van der Waals surface area contributed by atoms with Gasteiger partial charge in [-0.15, -0.1) is 0 Å². The second-order valence-electron chi connectivity index (χ2n) is 5.98. The molecule has 5 nitrogen and oxygen atoms in total. The van der Waals surface area contributed by atoms with Gasteiger partial charge in [-0.3, -0.25) is 10.1 Å². The van der Waals surface area contributed by atoms with Crippen LogP contribution in [-0.2, 0) is 16.0 Å². The molecular weight excluding hydrogens is 270 g/mol. The van der Waals surface area contributed by atoms with Gasteiger partial charge in [-0.05, 0) is 51.7 Å². The zero-order valence-electron chi connectivity index (χ0n) is 13.0. The lowest BCUT2D eigenvalue weighted by molar-refractivity contribution is -0.137. The Morgan fingerprint density at radius 2 is 1.95 bits per heavy atom. The Bertz CT molecular complexity index is 517. The highest BCUT2D eigenvalue weighted by molar-refractivity contribution is 5.87. The molecule has 0 unspecified atom stereocenters. The van der Waals surface area contributed by atoms with E-state index in [4.69, 9.17) is 9.84 Å². The maximum absolute atomic E-state index is 11.9. The summed E-state index contributed by atoms with van der Waals surface area (Å²) >= 11 is 0. The molecule has 0 bridgehead atoms. The van der Waals surface area contributed by atoms with Crippen molar-refractivity contribution in [3.63, 3.8) is 0 Å². The molecule has 1 amide bonds. The van der Waals surface area contributed by atoms with Crippen LogP contribution in [0.15, 0.2) is 18.2 Å². The summed E-state index contributed by atoms with van der Waals surface area (Å²) in [5.74, 6) is -0.815. The van der Waals surface area contributed by atoms with E-state index in [1.54, 1.807) is 20.8 Å². The first-order valence-corrected chi connectivity index (χ1v) is 6.99. The summed E-state index contributed by atoms with van der Waals surface area (Å²) in [7, 11) is 0. The number of carbonyl (C=O) groups is 2. The number of carboxylic acids is 1. The first-order chi connectivity index (χ1) is 9.69. The molecule has 0 aromatic heterocycles. The molecule has 0 spiro atoms. The van der Waals surface area contributed by atoms with Crippen LogP contribution >= 0.6 is 0 Å². The van der Waals surface area contributed by atoms with Crippen LogP contribution in [0.25, 0.3) is 0 Å². The average Bonchev–Trinajstić information content (AvgIpc) is 2.30. The molecule has 0 saturated carbocycles. The number of ether oxygens (including phenoxy) is 1. The number of anilines is 1. The minimum absolute atomic E-state index is 0.111. The number of amides is 1. The fraction of sp³-hybridized carbons (Fsp3) is 0.500. The van der Waals surface area contributed by atoms with Gasteiger partial charge < -0.3 is 9.84 Å². The van der Waals surface area contributed by atoms with Gasteiger partial charge in [0, 0.05) is 6.42 Å². The topological polar surface area (TPSA) is 75.6 Å². The highest BCUT2D eigenvalue weighted by atomic mass is 16.6. The Kier molecular flexibility index (Phi) is 5.76. The molecule has 5 heteroatoms. The molecule has 0 aliphatic carbocycles. The van der Waals surface area contributed by atoms with Gasteiger partial charge in [-0.25, -0.2) is 4.79 Å². The van der Waals surface area contributed by atoms with Crippen molar-refractivity contribution in [2.45, 2.75) is 52.6 Å². The fourth-order valence-corrected chi connectivity index (χ4v) is 1.95. The molecule has 0 saturated heterocycles. The molecule has 1 aromatic rings. The Morgan fingerprint density at radius 1 is 1.29 bits per heavy atom. The molecule has 2 N–H and O–H groups in total. The maximum Gasteiger partial charge on any atom is 0.412 e. The van der Waals surface area contributed by atoms with Gasteiger partial charge in [0.05, 0.1) is 5.69 Å². The van der Waals surface area contributed by atoms with Crippen LogP contribution in [0.3, 0.4) is 0 Å². The summed E-state index contributed by atoms with van der Waals surface area (Å²) in [6, 6.07) is 5.68. The standard InChI is InChI=1S/C16H23NO4/c1-11-7-5-8-12(9-6-10-13(18)19)14(11)17-15(20)21-16(2,3)4/h5,7-8H,6,9-10H2,1-4H3,(H,17,20)(H,18,19). The highest BCUT2D eigenvalue weighted by Gasteiger charge is 2.18. The maximum atomic E-state index is 11.9. The number of carbonyl (C=O) groups excluding carboxylic acids is 1. The van der Waals surface area contributed by atoms with Crippen LogP contribution in [0.4, 0.5) is 10.5 Å². The number of para-hydroxylation sites is 1. The molecule has 0 aliphatic rings. The third kappa shape index (κ3) is 6.29. The predicted octanol–water partition coefficient (Wildman–Crippen LogP) is 3.75. The summed E-state index contributed by atoms with van der Waals surface area (Å²) in [4.78, 5) is 22.5. The Labute approximate surface area is 125 Å². The highest BCUT2D eigenvalue weighted by Crippen LogP contribution is 2.23.